The van der Waals surface area contributed by atoms with E-state index in [1.807, 2.05) is 38.1 Å². The van der Waals surface area contributed by atoms with Crippen LogP contribution in [-0.4, -0.2) is 37.7 Å². The van der Waals surface area contributed by atoms with Crippen molar-refractivity contribution in [2.75, 3.05) is 30.0 Å². The van der Waals surface area contributed by atoms with Gasteiger partial charge in [0.25, 0.3) is 0 Å². The molecule has 1 atom stereocenters. The number of hydrogen-bond acceptors (Lipinski definition) is 4. The highest BCUT2D eigenvalue weighted by Gasteiger charge is 2.32. The lowest BCUT2D eigenvalue weighted by molar-refractivity contribution is -0.121. The Hall–Kier alpha value is -3.22. The first-order valence-electron chi connectivity index (χ1n) is 9.89. The molecule has 2 N–H and O–H groups in total. The monoisotopic (exact) mass is 395 g/mol. The van der Waals surface area contributed by atoms with Crippen LogP contribution >= 0.6 is 0 Å². The van der Waals surface area contributed by atoms with Crippen LogP contribution in [0.25, 0.3) is 0 Å². The molecule has 2 aromatic carbocycles. The number of benzene rings is 2. The summed E-state index contributed by atoms with van der Waals surface area (Å²) < 4.78 is 11.0. The van der Waals surface area contributed by atoms with Crippen molar-refractivity contribution in [2.45, 2.75) is 26.3 Å². The molecule has 2 aromatic rings. The SMILES string of the molecule is CC(C)[C@H](NC(=O)Nc1ccc2c(c1)OCCO2)C(=O)N1CCc2ccccc21. The smallest absolute Gasteiger partial charge is 0.319 e. The Balaban J connectivity index is 1.44. The normalized spacial score (nSPS) is 15.6. The molecule has 0 bridgehead atoms. The Morgan fingerprint density at radius 2 is 1.79 bits per heavy atom. The van der Waals surface area contributed by atoms with Gasteiger partial charge in [0.1, 0.15) is 19.3 Å². The van der Waals surface area contributed by atoms with E-state index in [9.17, 15) is 9.59 Å². The second-order valence-corrected chi connectivity index (χ2v) is 7.55. The molecule has 0 unspecified atom stereocenters. The van der Waals surface area contributed by atoms with Crippen LogP contribution in [0.2, 0.25) is 0 Å². The zero-order valence-corrected chi connectivity index (χ0v) is 16.6. The van der Waals surface area contributed by atoms with Gasteiger partial charge in [0.15, 0.2) is 11.5 Å². The molecule has 29 heavy (non-hydrogen) atoms. The summed E-state index contributed by atoms with van der Waals surface area (Å²) in [5, 5.41) is 5.62. The molecule has 152 valence electrons. The van der Waals surface area contributed by atoms with E-state index in [0.717, 1.165) is 17.7 Å². The zero-order valence-electron chi connectivity index (χ0n) is 16.6. The number of nitrogens with zero attached hydrogens (tertiary/aromatic N) is 1. The molecule has 2 aliphatic rings. The number of anilines is 2. The number of para-hydroxylation sites is 1. The summed E-state index contributed by atoms with van der Waals surface area (Å²) in [6.07, 6.45) is 0.829. The fourth-order valence-corrected chi connectivity index (χ4v) is 3.68. The minimum atomic E-state index is -0.627. The fourth-order valence-electron chi connectivity index (χ4n) is 3.68. The molecular weight excluding hydrogens is 370 g/mol. The van der Waals surface area contributed by atoms with Crippen LogP contribution in [0.5, 0.6) is 11.5 Å². The molecule has 0 saturated heterocycles. The number of carbonyl (C=O) groups is 2. The number of ether oxygens (including phenoxy) is 2. The Labute approximate surface area is 170 Å². The van der Waals surface area contributed by atoms with Crippen molar-refractivity contribution in [1.82, 2.24) is 5.32 Å². The van der Waals surface area contributed by atoms with Crippen LogP contribution in [-0.2, 0) is 11.2 Å². The number of carbonyl (C=O) groups excluding carboxylic acids is 2. The third-order valence-corrected chi connectivity index (χ3v) is 5.17. The van der Waals surface area contributed by atoms with Gasteiger partial charge in [0, 0.05) is 24.0 Å². The van der Waals surface area contributed by atoms with Gasteiger partial charge in [-0.3, -0.25) is 4.79 Å². The van der Waals surface area contributed by atoms with E-state index in [2.05, 4.69) is 10.6 Å². The molecule has 0 fully saturated rings. The highest BCUT2D eigenvalue weighted by molar-refractivity contribution is 6.02. The van der Waals surface area contributed by atoms with Crippen molar-refractivity contribution >= 4 is 23.3 Å². The molecule has 3 amide bonds. The molecule has 7 nitrogen and oxygen atoms in total. The van der Waals surface area contributed by atoms with E-state index in [1.54, 1.807) is 23.1 Å². The minimum Gasteiger partial charge on any atom is -0.486 e. The van der Waals surface area contributed by atoms with Crippen LogP contribution in [0.4, 0.5) is 16.2 Å². The molecule has 4 rings (SSSR count). The Bertz CT molecular complexity index is 928. The van der Waals surface area contributed by atoms with Gasteiger partial charge in [-0.2, -0.15) is 0 Å². The van der Waals surface area contributed by atoms with Gasteiger partial charge < -0.3 is 25.0 Å². The maximum atomic E-state index is 13.2. The first-order valence-corrected chi connectivity index (χ1v) is 9.89. The van der Waals surface area contributed by atoms with Crippen molar-refractivity contribution < 1.29 is 19.1 Å². The van der Waals surface area contributed by atoms with E-state index >= 15 is 0 Å². The average molecular weight is 395 g/mol. The van der Waals surface area contributed by atoms with Crippen LogP contribution in [0.15, 0.2) is 42.5 Å². The second-order valence-electron chi connectivity index (χ2n) is 7.55. The lowest BCUT2D eigenvalue weighted by Crippen LogP contribution is -2.52. The summed E-state index contributed by atoms with van der Waals surface area (Å²) in [4.78, 5) is 27.5. The number of nitrogens with one attached hydrogen (secondary N) is 2. The number of amides is 3. The van der Waals surface area contributed by atoms with Gasteiger partial charge in [-0.05, 0) is 36.1 Å². The molecule has 0 aromatic heterocycles. The quantitative estimate of drug-likeness (QED) is 0.833. The molecule has 0 saturated carbocycles. The summed E-state index contributed by atoms with van der Waals surface area (Å²) in [6.45, 7) is 5.47. The summed E-state index contributed by atoms with van der Waals surface area (Å²) in [5.41, 5.74) is 2.66. The summed E-state index contributed by atoms with van der Waals surface area (Å²) >= 11 is 0. The summed E-state index contributed by atoms with van der Waals surface area (Å²) in [7, 11) is 0. The number of fused-ring (bicyclic) bond motifs is 2. The third kappa shape index (κ3) is 3.99. The van der Waals surface area contributed by atoms with Gasteiger partial charge in [-0.15, -0.1) is 0 Å². The predicted molar refractivity (Wildman–Crippen MR) is 111 cm³/mol. The molecule has 0 radical (unpaired) electrons. The fraction of sp³-hybridized carbons (Fsp3) is 0.364. The number of hydrogen-bond donors (Lipinski definition) is 2. The molecule has 0 aliphatic carbocycles. The molecule has 0 spiro atoms. The van der Waals surface area contributed by atoms with Gasteiger partial charge >= 0.3 is 6.03 Å². The first-order chi connectivity index (χ1) is 14.0. The maximum Gasteiger partial charge on any atom is 0.319 e. The molecule has 2 heterocycles. The van der Waals surface area contributed by atoms with Crippen molar-refractivity contribution in [3.63, 3.8) is 0 Å². The maximum absolute atomic E-state index is 13.2. The van der Waals surface area contributed by atoms with E-state index in [1.165, 1.54) is 0 Å². The minimum absolute atomic E-state index is 0.0544. The van der Waals surface area contributed by atoms with Gasteiger partial charge in [0.05, 0.1) is 0 Å². The van der Waals surface area contributed by atoms with Gasteiger partial charge in [0.2, 0.25) is 5.91 Å². The van der Waals surface area contributed by atoms with Crippen molar-refractivity contribution in [2.24, 2.45) is 5.92 Å². The third-order valence-electron chi connectivity index (χ3n) is 5.17. The Kier molecular flexibility index (Phi) is 5.29. The highest BCUT2D eigenvalue weighted by atomic mass is 16.6. The van der Waals surface area contributed by atoms with Crippen LogP contribution in [0, 0.1) is 5.92 Å². The standard InChI is InChI=1S/C22H25N3O4/c1-14(2)20(21(26)25-10-9-15-5-3-4-6-17(15)25)24-22(27)23-16-7-8-18-19(13-16)29-12-11-28-18/h3-8,13-14,20H,9-12H2,1-2H3,(H2,23,24,27)/t20-/m0/s1. The van der Waals surface area contributed by atoms with Crippen molar-refractivity contribution in [1.29, 1.82) is 0 Å². The highest BCUT2D eigenvalue weighted by Crippen LogP contribution is 2.32. The van der Waals surface area contributed by atoms with Crippen LogP contribution in [0.1, 0.15) is 19.4 Å². The largest absolute Gasteiger partial charge is 0.486 e. The second kappa shape index (κ2) is 8.03. The van der Waals surface area contributed by atoms with Crippen molar-refractivity contribution in [3.05, 3.63) is 48.0 Å². The Morgan fingerprint density at radius 3 is 2.59 bits per heavy atom. The average Bonchev–Trinajstić information content (AvgIpc) is 3.15. The van der Waals surface area contributed by atoms with Crippen molar-refractivity contribution in [3.8, 4) is 11.5 Å². The van der Waals surface area contributed by atoms with Crippen LogP contribution in [0.3, 0.4) is 0 Å². The molecule has 7 heteroatoms. The van der Waals surface area contributed by atoms with Gasteiger partial charge in [-0.25, -0.2) is 4.79 Å². The van der Waals surface area contributed by atoms with Gasteiger partial charge in [-0.1, -0.05) is 32.0 Å². The number of rotatable bonds is 4. The van der Waals surface area contributed by atoms with E-state index in [0.29, 0.717) is 36.9 Å². The molecule has 2 aliphatic heterocycles. The van der Waals surface area contributed by atoms with E-state index < -0.39 is 12.1 Å². The summed E-state index contributed by atoms with van der Waals surface area (Å²) in [6, 6.07) is 12.1. The topological polar surface area (TPSA) is 79.9 Å². The lowest BCUT2D eigenvalue weighted by Gasteiger charge is -2.27. The summed E-state index contributed by atoms with van der Waals surface area (Å²) in [5.74, 6) is 1.10. The Morgan fingerprint density at radius 1 is 1.03 bits per heavy atom. The lowest BCUT2D eigenvalue weighted by atomic mass is 10.0. The van der Waals surface area contributed by atoms with Crippen LogP contribution < -0.4 is 25.0 Å². The number of urea groups is 1. The zero-order chi connectivity index (χ0) is 20.4. The van der Waals surface area contributed by atoms with E-state index in [4.69, 9.17) is 9.47 Å². The molecular formula is C22H25N3O4. The first kappa shape index (κ1) is 19.1. The predicted octanol–water partition coefficient (Wildman–Crippen LogP) is 3.19. The van der Waals surface area contributed by atoms with E-state index in [-0.39, 0.29) is 11.8 Å².